The highest BCUT2D eigenvalue weighted by molar-refractivity contribution is 7.99. The zero-order valence-corrected chi connectivity index (χ0v) is 23.6. The maximum atomic E-state index is 13.1. The molecule has 3 amide bonds. The Morgan fingerprint density at radius 1 is 1.07 bits per heavy atom. The monoisotopic (exact) mass is 610 g/mol. The van der Waals surface area contributed by atoms with Gasteiger partial charge < -0.3 is 25.0 Å². The number of thiophene rings is 1. The van der Waals surface area contributed by atoms with Gasteiger partial charge in [0.25, 0.3) is 5.91 Å². The van der Waals surface area contributed by atoms with E-state index in [-0.39, 0.29) is 25.1 Å². The summed E-state index contributed by atoms with van der Waals surface area (Å²) >= 11 is 3.02. The SMILES string of the molecule is O=C(NCC(=O)N1C[C@H](OC(F)F)C[C@H]1C(=O)NCc1cc2cnccc2s1)c1ccc2c(c1)Oc1ccccc1S2. The Morgan fingerprint density at radius 2 is 1.90 bits per heavy atom. The van der Waals surface area contributed by atoms with E-state index < -0.39 is 43.0 Å². The van der Waals surface area contributed by atoms with E-state index in [1.165, 1.54) is 28.0 Å². The number of hydrogen-bond donors (Lipinski definition) is 2. The van der Waals surface area contributed by atoms with Crippen molar-refractivity contribution in [1.29, 1.82) is 0 Å². The van der Waals surface area contributed by atoms with E-state index >= 15 is 0 Å². The molecule has 2 aromatic carbocycles. The summed E-state index contributed by atoms with van der Waals surface area (Å²) in [5.74, 6) is -0.383. The van der Waals surface area contributed by atoms with Gasteiger partial charge >= 0.3 is 6.61 Å². The van der Waals surface area contributed by atoms with Gasteiger partial charge in [0.15, 0.2) is 0 Å². The summed E-state index contributed by atoms with van der Waals surface area (Å²) in [6, 6.07) is 15.3. The number of hydrogen-bond acceptors (Lipinski definition) is 8. The van der Waals surface area contributed by atoms with Crippen LogP contribution in [0.5, 0.6) is 11.5 Å². The minimum absolute atomic E-state index is 0.0898. The van der Waals surface area contributed by atoms with Crippen molar-refractivity contribution in [2.24, 2.45) is 0 Å². The van der Waals surface area contributed by atoms with Crippen molar-refractivity contribution in [1.82, 2.24) is 20.5 Å². The Morgan fingerprint density at radius 3 is 2.74 bits per heavy atom. The molecule has 42 heavy (non-hydrogen) atoms. The molecule has 2 aliphatic rings. The number of pyridine rings is 1. The Kier molecular flexibility index (Phi) is 8.05. The highest BCUT2D eigenvalue weighted by Gasteiger charge is 2.41. The van der Waals surface area contributed by atoms with Gasteiger partial charge in [-0.1, -0.05) is 23.9 Å². The van der Waals surface area contributed by atoms with Crippen LogP contribution < -0.4 is 15.4 Å². The highest BCUT2D eigenvalue weighted by Crippen LogP contribution is 2.46. The average molecular weight is 611 g/mol. The third-order valence-corrected chi connectivity index (χ3v) is 9.11. The van der Waals surface area contributed by atoms with Gasteiger partial charge in [0.05, 0.1) is 29.0 Å². The fraction of sp³-hybridized carbons (Fsp3) is 0.241. The van der Waals surface area contributed by atoms with E-state index in [4.69, 9.17) is 4.74 Å². The van der Waals surface area contributed by atoms with Gasteiger partial charge in [0.1, 0.15) is 17.5 Å². The van der Waals surface area contributed by atoms with Crippen molar-refractivity contribution < 1.29 is 32.6 Å². The number of nitrogens with zero attached hydrogens (tertiary/aromatic N) is 2. The van der Waals surface area contributed by atoms with Crippen LogP contribution in [0.1, 0.15) is 21.7 Å². The lowest BCUT2D eigenvalue weighted by Crippen LogP contribution is -2.48. The highest BCUT2D eigenvalue weighted by atomic mass is 32.2. The summed E-state index contributed by atoms with van der Waals surface area (Å²) in [5.41, 5.74) is 0.287. The number of aromatic nitrogens is 1. The first-order valence-corrected chi connectivity index (χ1v) is 14.7. The predicted octanol–water partition coefficient (Wildman–Crippen LogP) is 4.81. The molecular formula is C29H24F2N4O5S2. The Hall–Kier alpha value is -4.07. The average Bonchev–Trinajstić information content (AvgIpc) is 3.61. The second kappa shape index (κ2) is 12.0. The molecule has 0 aliphatic carbocycles. The molecule has 0 saturated carbocycles. The molecular weight excluding hydrogens is 586 g/mol. The molecule has 1 fully saturated rings. The van der Waals surface area contributed by atoms with E-state index in [0.717, 1.165) is 24.8 Å². The summed E-state index contributed by atoms with van der Waals surface area (Å²) in [4.78, 5) is 47.1. The molecule has 1 saturated heterocycles. The lowest BCUT2D eigenvalue weighted by Gasteiger charge is -2.24. The van der Waals surface area contributed by atoms with Crippen LogP contribution in [-0.4, -0.2) is 59.5 Å². The molecule has 2 aromatic heterocycles. The van der Waals surface area contributed by atoms with Gasteiger partial charge in [0, 0.05) is 45.9 Å². The predicted molar refractivity (Wildman–Crippen MR) is 152 cm³/mol. The minimum Gasteiger partial charge on any atom is -0.455 e. The van der Waals surface area contributed by atoms with Gasteiger partial charge in [0.2, 0.25) is 11.8 Å². The maximum absolute atomic E-state index is 13.1. The molecule has 216 valence electrons. The van der Waals surface area contributed by atoms with E-state index in [1.54, 1.807) is 30.6 Å². The summed E-state index contributed by atoms with van der Waals surface area (Å²) in [7, 11) is 0. The number of carbonyl (C=O) groups excluding carboxylic acids is 3. The second-order valence-corrected chi connectivity index (χ2v) is 11.9. The normalized spacial score (nSPS) is 17.5. The fourth-order valence-electron chi connectivity index (χ4n) is 4.91. The number of nitrogens with one attached hydrogen (secondary N) is 2. The topological polar surface area (TPSA) is 110 Å². The minimum atomic E-state index is -3.04. The Bertz CT molecular complexity index is 1630. The number of rotatable bonds is 8. The van der Waals surface area contributed by atoms with E-state index in [2.05, 4.69) is 20.4 Å². The molecule has 9 nitrogen and oxygen atoms in total. The van der Waals surface area contributed by atoms with Crippen LogP contribution in [0.3, 0.4) is 0 Å². The van der Waals surface area contributed by atoms with Gasteiger partial charge in [-0.3, -0.25) is 19.4 Å². The van der Waals surface area contributed by atoms with Crippen molar-refractivity contribution in [3.05, 3.63) is 77.4 Å². The van der Waals surface area contributed by atoms with Gasteiger partial charge in [-0.15, -0.1) is 11.3 Å². The number of halogens is 2. The van der Waals surface area contributed by atoms with Crippen LogP contribution >= 0.6 is 23.1 Å². The number of ether oxygens (including phenoxy) is 2. The van der Waals surface area contributed by atoms with Gasteiger partial charge in [-0.05, 0) is 42.5 Å². The van der Waals surface area contributed by atoms with E-state index in [0.29, 0.717) is 11.5 Å². The van der Waals surface area contributed by atoms with Crippen molar-refractivity contribution >= 4 is 50.9 Å². The lowest BCUT2D eigenvalue weighted by molar-refractivity contribution is -0.160. The third-order valence-electron chi connectivity index (χ3n) is 6.88. The van der Waals surface area contributed by atoms with Gasteiger partial charge in [-0.2, -0.15) is 8.78 Å². The van der Waals surface area contributed by atoms with E-state index in [1.807, 2.05) is 36.4 Å². The third kappa shape index (κ3) is 6.08. The number of likely N-dealkylation sites (tertiary alicyclic amines) is 1. The first kappa shape index (κ1) is 28.1. The number of alkyl halides is 2. The van der Waals surface area contributed by atoms with E-state index in [9.17, 15) is 23.2 Å². The smallest absolute Gasteiger partial charge is 0.345 e. The van der Waals surface area contributed by atoms with Crippen molar-refractivity contribution in [3.8, 4) is 11.5 Å². The zero-order chi connectivity index (χ0) is 29.2. The molecule has 6 rings (SSSR count). The van der Waals surface area contributed by atoms with Gasteiger partial charge in [-0.25, -0.2) is 0 Å². The molecule has 4 heterocycles. The van der Waals surface area contributed by atoms with Crippen molar-refractivity contribution in [2.45, 2.75) is 41.5 Å². The summed E-state index contributed by atoms with van der Waals surface area (Å²) in [5, 5.41) is 6.31. The van der Waals surface area contributed by atoms with Crippen LogP contribution in [0.15, 0.2) is 76.8 Å². The van der Waals surface area contributed by atoms with Crippen molar-refractivity contribution in [3.63, 3.8) is 0 Å². The Balaban J connectivity index is 1.09. The molecule has 2 N–H and O–H groups in total. The number of carbonyl (C=O) groups is 3. The first-order valence-electron chi connectivity index (χ1n) is 13.0. The second-order valence-electron chi connectivity index (χ2n) is 9.66. The molecule has 4 aromatic rings. The molecule has 0 radical (unpaired) electrons. The molecule has 13 heteroatoms. The summed E-state index contributed by atoms with van der Waals surface area (Å²) in [6.45, 7) is -3.47. The lowest BCUT2D eigenvalue weighted by atomic mass is 10.1. The largest absolute Gasteiger partial charge is 0.455 e. The van der Waals surface area contributed by atoms with Crippen LogP contribution in [-0.2, 0) is 20.9 Å². The molecule has 2 atom stereocenters. The number of benzene rings is 2. The number of para-hydroxylation sites is 1. The van der Waals surface area contributed by atoms with Crippen LogP contribution in [0.4, 0.5) is 8.78 Å². The summed E-state index contributed by atoms with van der Waals surface area (Å²) < 4.78 is 37.5. The molecule has 2 aliphatic heterocycles. The molecule has 0 bridgehead atoms. The fourth-order valence-corrected chi connectivity index (χ4v) is 6.82. The molecule has 0 unspecified atom stereocenters. The van der Waals surface area contributed by atoms with Crippen LogP contribution in [0.25, 0.3) is 10.1 Å². The van der Waals surface area contributed by atoms with Crippen molar-refractivity contribution in [2.75, 3.05) is 13.1 Å². The summed E-state index contributed by atoms with van der Waals surface area (Å²) in [6.07, 6.45) is 2.30. The zero-order valence-electron chi connectivity index (χ0n) is 21.9. The molecule has 0 spiro atoms. The number of fused-ring (bicyclic) bond motifs is 3. The van der Waals surface area contributed by atoms with Crippen LogP contribution in [0, 0.1) is 0 Å². The Labute approximate surface area is 247 Å². The quantitative estimate of drug-likeness (QED) is 0.260. The standard InChI is InChI=1S/C29H24F2N4O5S2/c30-29(31)39-18-11-20(28(38)33-13-19-9-17-12-32-8-7-23(17)41-19)35(15-18)26(36)14-34-27(37)16-5-6-25-22(10-16)40-21-3-1-2-4-24(21)42-25/h1-10,12,18,20,29H,11,13-15H2,(H,33,38)(H,34,37)/t18-,20+/m1/s1. The maximum Gasteiger partial charge on any atom is 0.345 e. The van der Waals surface area contributed by atoms with Crippen LogP contribution in [0.2, 0.25) is 0 Å². The number of amides is 3. The first-order chi connectivity index (χ1) is 20.3.